The molecule has 4 bridgehead atoms. The lowest BCUT2D eigenvalue weighted by Crippen LogP contribution is -2.37. The monoisotopic (exact) mass is 218 g/mol. The Hall–Kier alpha value is 0. The quantitative estimate of drug-likeness (QED) is 0.530. The highest BCUT2D eigenvalue weighted by molar-refractivity contribution is 5.12. The summed E-state index contributed by atoms with van der Waals surface area (Å²) in [5.41, 5.74) is 0.576. The van der Waals surface area contributed by atoms with Gasteiger partial charge in [0.15, 0.2) is 0 Å². The lowest BCUT2D eigenvalue weighted by atomic mass is 9.62. The maximum atomic E-state index is 2.49. The molecule has 90 valence electrons. The van der Waals surface area contributed by atoms with Crippen LogP contribution in [0.5, 0.6) is 0 Å². The second kappa shape index (κ2) is 2.87. The summed E-state index contributed by atoms with van der Waals surface area (Å²) in [6, 6.07) is 0. The largest absolute Gasteiger partial charge is 0.0599 e. The molecule has 4 aliphatic rings. The van der Waals surface area contributed by atoms with Crippen molar-refractivity contribution < 1.29 is 0 Å². The smallest absolute Gasteiger partial charge is 0.0321 e. The van der Waals surface area contributed by atoms with Crippen molar-refractivity contribution in [3.63, 3.8) is 0 Å². The molecule has 4 aliphatic carbocycles. The molecule has 4 rings (SSSR count). The van der Waals surface area contributed by atoms with Crippen molar-refractivity contribution in [2.24, 2.45) is 46.8 Å². The van der Waals surface area contributed by atoms with E-state index in [4.69, 9.17) is 0 Å². The lowest BCUT2D eigenvalue weighted by molar-refractivity contribution is 0.0502. The standard InChI is InChI=1S/C16H26/c1-16(2,3)13-8-11-7-12(13)15-10-5-4-9(6-10)14(11)15/h9-15H,4-8H2,1-3H3. The molecule has 0 heteroatoms. The molecule has 7 unspecified atom stereocenters. The molecule has 0 heterocycles. The van der Waals surface area contributed by atoms with Gasteiger partial charge in [-0.2, -0.15) is 0 Å². The lowest BCUT2D eigenvalue weighted by Gasteiger charge is -2.43. The van der Waals surface area contributed by atoms with E-state index in [9.17, 15) is 0 Å². The second-order valence-corrected chi connectivity index (χ2v) is 8.36. The number of fused-ring (bicyclic) bond motifs is 9. The van der Waals surface area contributed by atoms with E-state index in [2.05, 4.69) is 20.8 Å². The number of hydrogen-bond donors (Lipinski definition) is 0. The molecule has 0 spiro atoms. The first-order valence-electron chi connectivity index (χ1n) is 7.55. The van der Waals surface area contributed by atoms with Crippen LogP contribution in [0.1, 0.15) is 52.9 Å². The average Bonchev–Trinajstić information content (AvgIpc) is 2.94. The third-order valence-corrected chi connectivity index (χ3v) is 6.85. The minimum absolute atomic E-state index is 0.576. The summed E-state index contributed by atoms with van der Waals surface area (Å²) >= 11 is 0. The van der Waals surface area contributed by atoms with Crippen molar-refractivity contribution in [1.29, 1.82) is 0 Å². The van der Waals surface area contributed by atoms with Gasteiger partial charge in [0, 0.05) is 0 Å². The van der Waals surface area contributed by atoms with Crippen molar-refractivity contribution in [3.8, 4) is 0 Å². The van der Waals surface area contributed by atoms with Crippen molar-refractivity contribution in [2.75, 3.05) is 0 Å². The van der Waals surface area contributed by atoms with Gasteiger partial charge in [-0.25, -0.2) is 0 Å². The van der Waals surface area contributed by atoms with Gasteiger partial charge in [0.1, 0.15) is 0 Å². The van der Waals surface area contributed by atoms with Gasteiger partial charge >= 0.3 is 0 Å². The fraction of sp³-hybridized carbons (Fsp3) is 1.00. The Morgan fingerprint density at radius 3 is 2.12 bits per heavy atom. The van der Waals surface area contributed by atoms with Crippen LogP contribution in [0.3, 0.4) is 0 Å². The highest BCUT2D eigenvalue weighted by Crippen LogP contribution is 2.70. The molecule has 16 heavy (non-hydrogen) atoms. The Morgan fingerprint density at radius 1 is 0.750 bits per heavy atom. The van der Waals surface area contributed by atoms with Gasteiger partial charge < -0.3 is 0 Å². The van der Waals surface area contributed by atoms with Gasteiger partial charge in [0.25, 0.3) is 0 Å². The number of hydrogen-bond acceptors (Lipinski definition) is 0. The molecule has 0 aromatic carbocycles. The first-order chi connectivity index (χ1) is 7.55. The van der Waals surface area contributed by atoms with Gasteiger partial charge in [-0.05, 0) is 78.9 Å². The van der Waals surface area contributed by atoms with Gasteiger partial charge in [-0.15, -0.1) is 0 Å². The maximum absolute atomic E-state index is 2.49. The molecule has 0 aromatic rings. The zero-order chi connectivity index (χ0) is 11.1. The highest BCUT2D eigenvalue weighted by atomic mass is 14.7. The van der Waals surface area contributed by atoms with E-state index in [-0.39, 0.29) is 0 Å². The molecule has 0 aliphatic heterocycles. The fourth-order valence-corrected chi connectivity index (χ4v) is 6.56. The van der Waals surface area contributed by atoms with E-state index in [0.717, 1.165) is 23.7 Å². The molecule has 0 aromatic heterocycles. The average molecular weight is 218 g/mol. The van der Waals surface area contributed by atoms with Crippen LogP contribution in [0.25, 0.3) is 0 Å². The Bertz CT molecular complexity index is 310. The van der Waals surface area contributed by atoms with Crippen LogP contribution in [-0.2, 0) is 0 Å². The molecule has 0 saturated heterocycles. The summed E-state index contributed by atoms with van der Waals surface area (Å²) < 4.78 is 0. The summed E-state index contributed by atoms with van der Waals surface area (Å²) in [5.74, 6) is 8.04. The van der Waals surface area contributed by atoms with Crippen LogP contribution in [0.4, 0.5) is 0 Å². The van der Waals surface area contributed by atoms with E-state index in [0.29, 0.717) is 5.41 Å². The SMILES string of the molecule is CC(C)(C)C1CC2CC1C1C3CCC(C3)C21. The molecule has 0 N–H and O–H groups in total. The first-order valence-corrected chi connectivity index (χ1v) is 7.55. The van der Waals surface area contributed by atoms with Gasteiger partial charge in [-0.3, -0.25) is 0 Å². The summed E-state index contributed by atoms with van der Waals surface area (Å²) in [6.45, 7) is 7.46. The summed E-state index contributed by atoms with van der Waals surface area (Å²) in [7, 11) is 0. The Balaban J connectivity index is 1.66. The van der Waals surface area contributed by atoms with E-state index in [1.807, 2.05) is 0 Å². The third-order valence-electron chi connectivity index (χ3n) is 6.85. The molecule has 4 saturated carbocycles. The fourth-order valence-electron chi connectivity index (χ4n) is 6.56. The summed E-state index contributed by atoms with van der Waals surface area (Å²) in [6.07, 6.45) is 8.00. The molecule has 4 fully saturated rings. The normalized spacial score (nSPS) is 58.3. The van der Waals surface area contributed by atoms with Crippen LogP contribution in [0, 0.1) is 46.8 Å². The summed E-state index contributed by atoms with van der Waals surface area (Å²) in [4.78, 5) is 0. The predicted octanol–water partition coefficient (Wildman–Crippen LogP) is 4.35. The topological polar surface area (TPSA) is 0 Å². The zero-order valence-electron chi connectivity index (χ0n) is 11.1. The van der Waals surface area contributed by atoms with Crippen LogP contribution in [-0.4, -0.2) is 0 Å². The van der Waals surface area contributed by atoms with Crippen molar-refractivity contribution in [2.45, 2.75) is 52.9 Å². The second-order valence-electron chi connectivity index (χ2n) is 8.36. The van der Waals surface area contributed by atoms with Gasteiger partial charge in [-0.1, -0.05) is 20.8 Å². The number of rotatable bonds is 0. The molecule has 7 atom stereocenters. The zero-order valence-corrected chi connectivity index (χ0v) is 11.1. The van der Waals surface area contributed by atoms with Crippen molar-refractivity contribution in [1.82, 2.24) is 0 Å². The Labute approximate surface area is 100 Å². The highest BCUT2D eigenvalue weighted by Gasteiger charge is 2.63. The van der Waals surface area contributed by atoms with Gasteiger partial charge in [0.05, 0.1) is 0 Å². The van der Waals surface area contributed by atoms with E-state index in [1.54, 1.807) is 32.1 Å². The first kappa shape index (κ1) is 9.97. The van der Waals surface area contributed by atoms with Crippen LogP contribution in [0.15, 0.2) is 0 Å². The molecular weight excluding hydrogens is 192 g/mol. The van der Waals surface area contributed by atoms with Crippen molar-refractivity contribution >= 4 is 0 Å². The Kier molecular flexibility index (Phi) is 1.79. The molecular formula is C16H26. The van der Waals surface area contributed by atoms with Crippen LogP contribution in [0.2, 0.25) is 0 Å². The van der Waals surface area contributed by atoms with E-state index in [1.165, 1.54) is 17.8 Å². The van der Waals surface area contributed by atoms with E-state index < -0.39 is 0 Å². The minimum Gasteiger partial charge on any atom is -0.0599 e. The van der Waals surface area contributed by atoms with Crippen LogP contribution >= 0.6 is 0 Å². The molecule has 0 nitrogen and oxygen atoms in total. The van der Waals surface area contributed by atoms with Crippen molar-refractivity contribution in [3.05, 3.63) is 0 Å². The van der Waals surface area contributed by atoms with E-state index >= 15 is 0 Å². The Morgan fingerprint density at radius 2 is 1.44 bits per heavy atom. The summed E-state index contributed by atoms with van der Waals surface area (Å²) in [5, 5.41) is 0. The molecule has 0 amide bonds. The molecule has 0 radical (unpaired) electrons. The van der Waals surface area contributed by atoms with Crippen LogP contribution < -0.4 is 0 Å². The predicted molar refractivity (Wildman–Crippen MR) is 67.0 cm³/mol. The third kappa shape index (κ3) is 1.07. The minimum atomic E-state index is 0.576. The van der Waals surface area contributed by atoms with Gasteiger partial charge in [0.2, 0.25) is 0 Å². The maximum Gasteiger partial charge on any atom is -0.0321 e.